The summed E-state index contributed by atoms with van der Waals surface area (Å²) < 4.78 is 45.4. The molecular weight excluding hydrogens is 287 g/mol. The smallest absolute Gasteiger partial charge is 0.406 e. The molecule has 1 saturated heterocycles. The summed E-state index contributed by atoms with van der Waals surface area (Å²) in [6.07, 6.45) is -4.33. The molecule has 1 aromatic rings. The quantitative estimate of drug-likeness (QED) is 0.896. The average molecular weight is 305 g/mol. The van der Waals surface area contributed by atoms with Crippen molar-refractivity contribution in [2.24, 2.45) is 11.1 Å². The van der Waals surface area contributed by atoms with Crippen LogP contribution in [0.1, 0.15) is 24.5 Å². The van der Waals surface area contributed by atoms with Crippen molar-refractivity contribution in [1.82, 2.24) is 0 Å². The van der Waals surface area contributed by atoms with Gasteiger partial charge in [-0.05, 0) is 30.5 Å². The Morgan fingerprint density at radius 1 is 1.24 bits per heavy atom. The summed E-state index contributed by atoms with van der Waals surface area (Å²) in [5.41, 5.74) is 5.83. The van der Waals surface area contributed by atoms with E-state index in [-0.39, 0.29) is 5.75 Å². The molecule has 4 nitrogen and oxygen atoms in total. The lowest BCUT2D eigenvalue weighted by molar-refractivity contribution is -0.274. The van der Waals surface area contributed by atoms with E-state index < -0.39 is 17.9 Å². The SMILES string of the molecule is NCC1(C(O)c2ccc(OC(F)(F)F)cc2)CCOCC1. The van der Waals surface area contributed by atoms with Crippen LogP contribution in [0.2, 0.25) is 0 Å². The van der Waals surface area contributed by atoms with Crippen LogP contribution < -0.4 is 10.5 Å². The molecule has 0 radical (unpaired) electrons. The number of rotatable bonds is 4. The summed E-state index contributed by atoms with van der Waals surface area (Å²) in [7, 11) is 0. The summed E-state index contributed by atoms with van der Waals surface area (Å²) in [4.78, 5) is 0. The minimum Gasteiger partial charge on any atom is -0.406 e. The van der Waals surface area contributed by atoms with E-state index in [1.807, 2.05) is 0 Å². The summed E-state index contributed by atoms with van der Waals surface area (Å²) >= 11 is 0. The maximum absolute atomic E-state index is 12.1. The van der Waals surface area contributed by atoms with Gasteiger partial charge in [-0.2, -0.15) is 0 Å². The summed E-state index contributed by atoms with van der Waals surface area (Å²) in [6, 6.07) is 5.24. The molecule has 1 heterocycles. The van der Waals surface area contributed by atoms with Gasteiger partial charge in [-0.1, -0.05) is 12.1 Å². The van der Waals surface area contributed by atoms with E-state index in [2.05, 4.69) is 4.74 Å². The summed E-state index contributed by atoms with van der Waals surface area (Å²) in [5.74, 6) is -0.313. The molecule has 1 aliphatic heterocycles. The first kappa shape index (κ1) is 16.1. The molecule has 1 aliphatic rings. The highest BCUT2D eigenvalue weighted by Gasteiger charge is 2.39. The fourth-order valence-electron chi connectivity index (χ4n) is 2.57. The van der Waals surface area contributed by atoms with E-state index in [9.17, 15) is 18.3 Å². The number of aliphatic hydroxyl groups is 1. The number of hydrogen-bond acceptors (Lipinski definition) is 4. The third-order valence-electron chi connectivity index (χ3n) is 3.90. The normalized spacial score (nSPS) is 20.0. The summed E-state index contributed by atoms with van der Waals surface area (Å²) in [6.45, 7) is 1.32. The molecule has 1 unspecified atom stereocenters. The van der Waals surface area contributed by atoms with Gasteiger partial charge in [-0.25, -0.2) is 0 Å². The molecule has 7 heteroatoms. The van der Waals surface area contributed by atoms with Crippen LogP contribution in [0.15, 0.2) is 24.3 Å². The number of aliphatic hydroxyl groups excluding tert-OH is 1. The second-order valence-electron chi connectivity index (χ2n) is 5.20. The topological polar surface area (TPSA) is 64.7 Å². The monoisotopic (exact) mass is 305 g/mol. The molecule has 3 N–H and O–H groups in total. The predicted octanol–water partition coefficient (Wildman–Crippen LogP) is 2.37. The lowest BCUT2D eigenvalue weighted by Gasteiger charge is -2.40. The van der Waals surface area contributed by atoms with Crippen LogP contribution in [0.4, 0.5) is 13.2 Å². The van der Waals surface area contributed by atoms with Crippen molar-refractivity contribution >= 4 is 0 Å². The largest absolute Gasteiger partial charge is 0.573 e. The molecule has 1 aromatic carbocycles. The van der Waals surface area contributed by atoms with E-state index in [0.29, 0.717) is 38.2 Å². The number of alkyl halides is 3. The van der Waals surface area contributed by atoms with Crippen molar-refractivity contribution in [3.8, 4) is 5.75 Å². The Labute approximate surface area is 120 Å². The molecular formula is C14H18F3NO3. The third-order valence-corrected chi connectivity index (χ3v) is 3.90. The van der Waals surface area contributed by atoms with E-state index in [1.165, 1.54) is 24.3 Å². The number of ether oxygens (including phenoxy) is 2. The molecule has 21 heavy (non-hydrogen) atoms. The van der Waals surface area contributed by atoms with Crippen LogP contribution in [0.3, 0.4) is 0 Å². The van der Waals surface area contributed by atoms with Crippen molar-refractivity contribution in [2.45, 2.75) is 25.3 Å². The van der Waals surface area contributed by atoms with Crippen LogP contribution in [0, 0.1) is 5.41 Å². The van der Waals surface area contributed by atoms with Gasteiger partial charge < -0.3 is 20.3 Å². The molecule has 0 aromatic heterocycles. The van der Waals surface area contributed by atoms with Gasteiger partial charge in [0, 0.05) is 25.2 Å². The highest BCUT2D eigenvalue weighted by molar-refractivity contribution is 5.29. The van der Waals surface area contributed by atoms with Gasteiger partial charge in [-0.15, -0.1) is 13.2 Å². The van der Waals surface area contributed by atoms with Crippen LogP contribution in [-0.2, 0) is 4.74 Å². The molecule has 0 bridgehead atoms. The Morgan fingerprint density at radius 2 is 1.81 bits per heavy atom. The Morgan fingerprint density at radius 3 is 2.29 bits per heavy atom. The standard InChI is InChI=1S/C14H18F3NO3/c15-14(16,17)21-11-3-1-10(2-4-11)12(19)13(9-18)5-7-20-8-6-13/h1-4,12,19H,5-9,18H2. The number of benzene rings is 1. The zero-order chi connectivity index (χ0) is 15.5. The van der Waals surface area contributed by atoms with Gasteiger partial charge in [0.2, 0.25) is 0 Å². The number of hydrogen-bond donors (Lipinski definition) is 2. The molecule has 1 fully saturated rings. The van der Waals surface area contributed by atoms with E-state index in [1.54, 1.807) is 0 Å². The Balaban J connectivity index is 2.13. The lowest BCUT2D eigenvalue weighted by Crippen LogP contribution is -2.41. The highest BCUT2D eigenvalue weighted by Crippen LogP contribution is 2.42. The Hall–Kier alpha value is -1.31. The first-order valence-electron chi connectivity index (χ1n) is 6.68. The van der Waals surface area contributed by atoms with Crippen LogP contribution in [0.5, 0.6) is 5.75 Å². The first-order chi connectivity index (χ1) is 9.86. The molecule has 0 saturated carbocycles. The van der Waals surface area contributed by atoms with Gasteiger partial charge in [0.1, 0.15) is 5.75 Å². The van der Waals surface area contributed by atoms with Gasteiger partial charge in [0.05, 0.1) is 6.10 Å². The third kappa shape index (κ3) is 3.87. The van der Waals surface area contributed by atoms with Crippen molar-refractivity contribution in [3.05, 3.63) is 29.8 Å². The number of halogens is 3. The maximum atomic E-state index is 12.1. The molecule has 118 valence electrons. The fourth-order valence-corrected chi connectivity index (χ4v) is 2.57. The molecule has 0 amide bonds. The first-order valence-corrected chi connectivity index (χ1v) is 6.68. The average Bonchev–Trinajstić information content (AvgIpc) is 2.46. The van der Waals surface area contributed by atoms with Crippen molar-refractivity contribution in [3.63, 3.8) is 0 Å². The van der Waals surface area contributed by atoms with Crippen LogP contribution in [-0.4, -0.2) is 31.2 Å². The van der Waals surface area contributed by atoms with Crippen molar-refractivity contribution < 1.29 is 27.8 Å². The van der Waals surface area contributed by atoms with E-state index in [4.69, 9.17) is 10.5 Å². The van der Waals surface area contributed by atoms with Gasteiger partial charge in [-0.3, -0.25) is 0 Å². The van der Waals surface area contributed by atoms with Crippen LogP contribution >= 0.6 is 0 Å². The van der Waals surface area contributed by atoms with Gasteiger partial charge in [0.25, 0.3) is 0 Å². The number of nitrogens with two attached hydrogens (primary N) is 1. The molecule has 1 atom stereocenters. The van der Waals surface area contributed by atoms with Crippen LogP contribution in [0.25, 0.3) is 0 Å². The maximum Gasteiger partial charge on any atom is 0.573 e. The predicted molar refractivity (Wildman–Crippen MR) is 69.6 cm³/mol. The molecule has 0 aliphatic carbocycles. The zero-order valence-corrected chi connectivity index (χ0v) is 11.4. The Kier molecular flexibility index (Phi) is 4.75. The second-order valence-corrected chi connectivity index (χ2v) is 5.20. The molecule has 2 rings (SSSR count). The van der Waals surface area contributed by atoms with Crippen molar-refractivity contribution in [1.29, 1.82) is 0 Å². The zero-order valence-electron chi connectivity index (χ0n) is 11.4. The molecule has 0 spiro atoms. The van der Waals surface area contributed by atoms with Gasteiger partial charge in [0.15, 0.2) is 0 Å². The van der Waals surface area contributed by atoms with Crippen molar-refractivity contribution in [2.75, 3.05) is 19.8 Å². The van der Waals surface area contributed by atoms with E-state index >= 15 is 0 Å². The van der Waals surface area contributed by atoms with E-state index in [0.717, 1.165) is 0 Å². The summed E-state index contributed by atoms with van der Waals surface area (Å²) in [5, 5.41) is 10.5. The fraction of sp³-hybridized carbons (Fsp3) is 0.571. The Bertz CT molecular complexity index is 456. The minimum atomic E-state index is -4.72. The lowest BCUT2D eigenvalue weighted by atomic mass is 9.73. The minimum absolute atomic E-state index is 0.290. The second kappa shape index (κ2) is 6.21. The van der Waals surface area contributed by atoms with Gasteiger partial charge >= 0.3 is 6.36 Å². The highest BCUT2D eigenvalue weighted by atomic mass is 19.4.